The van der Waals surface area contributed by atoms with Gasteiger partial charge in [0, 0.05) is 6.21 Å². The zero-order chi connectivity index (χ0) is 14.0. The molecule has 0 aromatic rings. The van der Waals surface area contributed by atoms with Crippen LogP contribution in [0.25, 0.3) is 0 Å². The summed E-state index contributed by atoms with van der Waals surface area (Å²) in [5, 5.41) is 11.2. The molecule has 0 amide bonds. The van der Waals surface area contributed by atoms with Crippen LogP contribution in [0.4, 0.5) is 0 Å². The van der Waals surface area contributed by atoms with E-state index >= 15 is 0 Å². The molecule has 0 spiro atoms. The summed E-state index contributed by atoms with van der Waals surface area (Å²) in [4.78, 5) is 0. The van der Waals surface area contributed by atoms with Crippen LogP contribution in [0.2, 0.25) is 0 Å². The molecule has 0 heterocycles. The van der Waals surface area contributed by atoms with Gasteiger partial charge in [-0.15, -0.1) is 5.16 Å². The quantitative estimate of drug-likeness (QED) is 0.160. The van der Waals surface area contributed by atoms with Crippen LogP contribution in [0.3, 0.4) is 0 Å². The molecule has 0 saturated heterocycles. The van der Waals surface area contributed by atoms with E-state index in [-0.39, 0.29) is 0 Å². The third kappa shape index (κ3) is 17.5. The minimum Gasteiger partial charge on any atom is -0.411 e. The van der Waals surface area contributed by atoms with Crippen molar-refractivity contribution in [1.82, 2.24) is 0 Å². The van der Waals surface area contributed by atoms with E-state index in [0.717, 1.165) is 6.42 Å². The molecule has 0 aliphatic heterocycles. The zero-order valence-corrected chi connectivity index (χ0v) is 13.1. The number of unbranched alkanes of at least 4 members (excludes halogenated alkanes) is 14. The molecule has 19 heavy (non-hydrogen) atoms. The first-order valence-electron chi connectivity index (χ1n) is 8.57. The summed E-state index contributed by atoms with van der Waals surface area (Å²) in [6.07, 6.45) is 22.0. The number of hydrogen-bond acceptors (Lipinski definition) is 2. The second kappa shape index (κ2) is 17.5. The molecule has 2 heteroatoms. The van der Waals surface area contributed by atoms with Crippen molar-refractivity contribution in [3.63, 3.8) is 0 Å². The molecule has 0 unspecified atom stereocenters. The van der Waals surface area contributed by atoms with Crippen molar-refractivity contribution in [2.45, 2.75) is 103 Å². The maximum Gasteiger partial charge on any atom is 0.0435 e. The van der Waals surface area contributed by atoms with Crippen molar-refractivity contribution >= 4 is 6.21 Å². The zero-order valence-electron chi connectivity index (χ0n) is 13.1. The largest absolute Gasteiger partial charge is 0.411 e. The second-order valence-corrected chi connectivity index (χ2v) is 5.68. The fourth-order valence-electron chi connectivity index (χ4n) is 2.49. The van der Waals surface area contributed by atoms with Gasteiger partial charge in [-0.3, -0.25) is 0 Å². The van der Waals surface area contributed by atoms with Crippen LogP contribution in [0.15, 0.2) is 5.16 Å². The van der Waals surface area contributed by atoms with Gasteiger partial charge >= 0.3 is 0 Å². The van der Waals surface area contributed by atoms with E-state index in [1.165, 1.54) is 89.9 Å². The highest BCUT2D eigenvalue weighted by Gasteiger charge is 1.93. The average molecular weight is 269 g/mol. The number of nitrogens with zero attached hydrogens (tertiary/aromatic N) is 1. The standard InChI is InChI=1S/C17H35NO/c1-2-3-4-5-6-7-8-9-10-11-12-13-14-15-16-17-18-19/h17,19H,2-16H2,1H3. The lowest BCUT2D eigenvalue weighted by molar-refractivity contribution is 0.320. The molecule has 0 bridgehead atoms. The molecule has 0 rings (SSSR count). The van der Waals surface area contributed by atoms with Gasteiger partial charge in [0.2, 0.25) is 0 Å². The van der Waals surface area contributed by atoms with Crippen LogP contribution in [0.1, 0.15) is 103 Å². The molecule has 0 aromatic carbocycles. The summed E-state index contributed by atoms with van der Waals surface area (Å²) < 4.78 is 0. The Balaban J connectivity index is 2.91. The van der Waals surface area contributed by atoms with E-state index in [2.05, 4.69) is 12.1 Å². The van der Waals surface area contributed by atoms with E-state index in [9.17, 15) is 0 Å². The Morgan fingerprint density at radius 1 is 0.632 bits per heavy atom. The number of rotatable bonds is 15. The maximum absolute atomic E-state index is 8.24. The maximum atomic E-state index is 8.24. The van der Waals surface area contributed by atoms with Gasteiger partial charge < -0.3 is 5.21 Å². The highest BCUT2D eigenvalue weighted by molar-refractivity contribution is 5.55. The second-order valence-electron chi connectivity index (χ2n) is 5.68. The van der Waals surface area contributed by atoms with E-state index < -0.39 is 0 Å². The van der Waals surface area contributed by atoms with Crippen LogP contribution >= 0.6 is 0 Å². The van der Waals surface area contributed by atoms with Crippen LogP contribution in [-0.2, 0) is 0 Å². The third-order valence-electron chi connectivity index (χ3n) is 3.77. The summed E-state index contributed by atoms with van der Waals surface area (Å²) in [5.41, 5.74) is 0. The molecular formula is C17H35NO. The van der Waals surface area contributed by atoms with E-state index in [0.29, 0.717) is 0 Å². The third-order valence-corrected chi connectivity index (χ3v) is 3.77. The lowest BCUT2D eigenvalue weighted by atomic mass is 10.0. The van der Waals surface area contributed by atoms with Crippen LogP contribution in [-0.4, -0.2) is 11.4 Å². The van der Waals surface area contributed by atoms with Crippen LogP contribution < -0.4 is 0 Å². The van der Waals surface area contributed by atoms with Crippen molar-refractivity contribution < 1.29 is 5.21 Å². The SMILES string of the molecule is CCCCCCCCCCCCCCCCC=NO. The normalized spacial score (nSPS) is 11.4. The molecule has 2 nitrogen and oxygen atoms in total. The monoisotopic (exact) mass is 269 g/mol. The highest BCUT2D eigenvalue weighted by atomic mass is 16.4. The Morgan fingerprint density at radius 3 is 1.37 bits per heavy atom. The van der Waals surface area contributed by atoms with Gasteiger partial charge in [-0.05, 0) is 12.8 Å². The van der Waals surface area contributed by atoms with Crippen molar-refractivity contribution in [2.24, 2.45) is 5.16 Å². The van der Waals surface area contributed by atoms with Gasteiger partial charge in [0.25, 0.3) is 0 Å². The molecule has 114 valence electrons. The Hall–Kier alpha value is -0.530. The summed E-state index contributed by atoms with van der Waals surface area (Å²) in [6, 6.07) is 0. The Kier molecular flexibility index (Phi) is 17.0. The van der Waals surface area contributed by atoms with Crippen molar-refractivity contribution in [1.29, 1.82) is 0 Å². The van der Waals surface area contributed by atoms with E-state index in [1.807, 2.05) is 0 Å². The first kappa shape index (κ1) is 18.5. The van der Waals surface area contributed by atoms with Crippen molar-refractivity contribution in [3.05, 3.63) is 0 Å². The Morgan fingerprint density at radius 2 is 1.00 bits per heavy atom. The predicted molar refractivity (Wildman–Crippen MR) is 85.2 cm³/mol. The van der Waals surface area contributed by atoms with Gasteiger partial charge in [0.1, 0.15) is 0 Å². The highest BCUT2D eigenvalue weighted by Crippen LogP contribution is 2.13. The smallest absolute Gasteiger partial charge is 0.0435 e. The first-order chi connectivity index (χ1) is 9.41. The lowest BCUT2D eigenvalue weighted by Crippen LogP contribution is -1.83. The summed E-state index contributed by atoms with van der Waals surface area (Å²) >= 11 is 0. The molecule has 0 aliphatic carbocycles. The minimum atomic E-state index is 0.925. The molecule has 1 N–H and O–H groups in total. The number of oxime groups is 1. The topological polar surface area (TPSA) is 32.6 Å². The van der Waals surface area contributed by atoms with Gasteiger partial charge in [-0.2, -0.15) is 0 Å². The van der Waals surface area contributed by atoms with Gasteiger partial charge in [0.15, 0.2) is 0 Å². The van der Waals surface area contributed by atoms with Gasteiger partial charge in [-0.1, -0.05) is 90.4 Å². The number of hydrogen-bond donors (Lipinski definition) is 1. The van der Waals surface area contributed by atoms with Gasteiger partial charge in [-0.25, -0.2) is 0 Å². The Bertz CT molecular complexity index is 180. The van der Waals surface area contributed by atoms with Crippen LogP contribution in [0, 0.1) is 0 Å². The molecule has 0 saturated carbocycles. The molecular weight excluding hydrogens is 234 g/mol. The predicted octanol–water partition coefficient (Wildman–Crippen LogP) is 6.32. The van der Waals surface area contributed by atoms with E-state index in [4.69, 9.17) is 5.21 Å². The summed E-state index contributed by atoms with van der Waals surface area (Å²) in [7, 11) is 0. The van der Waals surface area contributed by atoms with Crippen molar-refractivity contribution in [2.75, 3.05) is 0 Å². The molecule has 0 fully saturated rings. The van der Waals surface area contributed by atoms with E-state index in [1.54, 1.807) is 6.21 Å². The molecule has 0 aromatic heterocycles. The fraction of sp³-hybridized carbons (Fsp3) is 0.941. The average Bonchev–Trinajstić information content (AvgIpc) is 2.43. The summed E-state index contributed by atoms with van der Waals surface area (Å²) in [6.45, 7) is 2.28. The Labute approximate surface area is 120 Å². The molecule has 0 aliphatic rings. The lowest BCUT2D eigenvalue weighted by Gasteiger charge is -2.02. The van der Waals surface area contributed by atoms with Crippen molar-refractivity contribution in [3.8, 4) is 0 Å². The minimum absolute atomic E-state index is 0.925. The van der Waals surface area contributed by atoms with Crippen LogP contribution in [0.5, 0.6) is 0 Å². The fourth-order valence-corrected chi connectivity index (χ4v) is 2.49. The summed E-state index contributed by atoms with van der Waals surface area (Å²) in [5.74, 6) is 0. The van der Waals surface area contributed by atoms with Gasteiger partial charge in [0.05, 0.1) is 0 Å². The molecule has 0 atom stereocenters. The molecule has 0 radical (unpaired) electrons. The first-order valence-corrected chi connectivity index (χ1v) is 8.57.